The highest BCUT2D eigenvalue weighted by atomic mass is 32.2. The number of hydrogen-bond acceptors (Lipinski definition) is 9. The first-order chi connectivity index (χ1) is 14.6. The summed E-state index contributed by atoms with van der Waals surface area (Å²) in [6, 6.07) is 10.3. The summed E-state index contributed by atoms with van der Waals surface area (Å²) in [6.45, 7) is 1.31. The summed E-state index contributed by atoms with van der Waals surface area (Å²) in [5.41, 5.74) is 2.09. The lowest BCUT2D eigenvalue weighted by atomic mass is 10.1. The molecule has 9 nitrogen and oxygen atoms in total. The minimum Gasteiger partial charge on any atom is -0.396 e. The first-order valence-electron chi connectivity index (χ1n) is 9.58. The zero-order valence-electron chi connectivity index (χ0n) is 16.3. The number of rotatable bonds is 11. The van der Waals surface area contributed by atoms with Crippen molar-refractivity contribution < 1.29 is 20.2 Å². The van der Waals surface area contributed by atoms with Gasteiger partial charge in [-0.3, -0.25) is 10.1 Å². The molecule has 0 unspecified atom stereocenters. The number of aliphatic hydroxyl groups is 3. The molecule has 2 aromatic carbocycles. The van der Waals surface area contributed by atoms with E-state index in [2.05, 4.69) is 10.3 Å². The Bertz CT molecular complexity index is 1030. The number of nitrogens with one attached hydrogen (secondary N) is 1. The first kappa shape index (κ1) is 22.2. The van der Waals surface area contributed by atoms with Crippen molar-refractivity contribution in [1.29, 1.82) is 0 Å². The lowest BCUT2D eigenvalue weighted by Gasteiger charge is -2.19. The molecular weight excluding hydrogens is 408 g/mol. The highest BCUT2D eigenvalue weighted by Gasteiger charge is 2.15. The summed E-state index contributed by atoms with van der Waals surface area (Å²) < 4.78 is 1.86. The van der Waals surface area contributed by atoms with Crippen LogP contribution in [0.15, 0.2) is 41.3 Å². The van der Waals surface area contributed by atoms with E-state index in [9.17, 15) is 20.3 Å². The van der Waals surface area contributed by atoms with Crippen molar-refractivity contribution >= 4 is 45.1 Å². The largest absolute Gasteiger partial charge is 0.396 e. The molecule has 4 N–H and O–H groups in total. The SMILES string of the molecule is O=[N+]([O-])c1ccc2nc3ccc(SN(CCO)CCO)cc3c(NCCCO)c2c1. The third kappa shape index (κ3) is 5.15. The maximum Gasteiger partial charge on any atom is 0.270 e. The van der Waals surface area contributed by atoms with E-state index in [0.29, 0.717) is 37.0 Å². The number of nitro benzene ring substituents is 1. The molecule has 0 saturated carbocycles. The molecule has 30 heavy (non-hydrogen) atoms. The number of benzene rings is 2. The van der Waals surface area contributed by atoms with Crippen LogP contribution in [0.2, 0.25) is 0 Å². The quantitative estimate of drug-likeness (QED) is 0.118. The molecule has 0 aliphatic rings. The van der Waals surface area contributed by atoms with E-state index in [0.717, 1.165) is 21.5 Å². The highest BCUT2D eigenvalue weighted by molar-refractivity contribution is 7.97. The Morgan fingerprint density at radius 3 is 2.30 bits per heavy atom. The fourth-order valence-corrected chi connectivity index (χ4v) is 4.08. The number of pyridine rings is 1. The summed E-state index contributed by atoms with van der Waals surface area (Å²) in [6.07, 6.45) is 0.537. The fraction of sp³-hybridized carbons (Fsp3) is 0.350. The molecule has 0 radical (unpaired) electrons. The number of non-ortho nitro benzene ring substituents is 1. The molecule has 0 saturated heterocycles. The molecule has 1 aromatic heterocycles. The minimum absolute atomic E-state index is 0.0172. The third-order valence-electron chi connectivity index (χ3n) is 4.51. The van der Waals surface area contributed by atoms with Gasteiger partial charge in [0, 0.05) is 54.0 Å². The van der Waals surface area contributed by atoms with Crippen molar-refractivity contribution in [2.75, 3.05) is 44.8 Å². The van der Waals surface area contributed by atoms with E-state index in [1.54, 1.807) is 6.07 Å². The molecule has 0 atom stereocenters. The molecule has 10 heteroatoms. The average Bonchev–Trinajstić information content (AvgIpc) is 2.73. The number of aromatic nitrogens is 1. The van der Waals surface area contributed by atoms with E-state index in [1.807, 2.05) is 22.5 Å². The van der Waals surface area contributed by atoms with Gasteiger partial charge in [0.1, 0.15) is 0 Å². The molecule has 1 heterocycles. The summed E-state index contributed by atoms with van der Waals surface area (Å²) in [5, 5.41) is 43.6. The Balaban J connectivity index is 2.11. The van der Waals surface area contributed by atoms with Crippen LogP contribution in [0.25, 0.3) is 21.8 Å². The van der Waals surface area contributed by atoms with Gasteiger partial charge >= 0.3 is 0 Å². The van der Waals surface area contributed by atoms with Crippen molar-refractivity contribution in [2.45, 2.75) is 11.3 Å². The number of nitro groups is 1. The highest BCUT2D eigenvalue weighted by Crippen LogP contribution is 2.35. The lowest BCUT2D eigenvalue weighted by molar-refractivity contribution is -0.384. The normalized spacial score (nSPS) is 11.5. The Hall–Kier alpha value is -2.50. The van der Waals surface area contributed by atoms with E-state index in [1.165, 1.54) is 24.1 Å². The molecule has 3 aromatic rings. The van der Waals surface area contributed by atoms with Gasteiger partial charge in [-0.05, 0) is 42.6 Å². The van der Waals surface area contributed by atoms with Crippen molar-refractivity contribution in [3.63, 3.8) is 0 Å². The number of nitrogens with zero attached hydrogens (tertiary/aromatic N) is 3. The molecule has 0 bridgehead atoms. The van der Waals surface area contributed by atoms with Crippen molar-refractivity contribution in [2.24, 2.45) is 0 Å². The van der Waals surface area contributed by atoms with E-state index in [4.69, 9.17) is 5.11 Å². The van der Waals surface area contributed by atoms with Crippen molar-refractivity contribution in [3.8, 4) is 0 Å². The second-order valence-electron chi connectivity index (χ2n) is 6.60. The second-order valence-corrected chi connectivity index (χ2v) is 7.77. The zero-order valence-corrected chi connectivity index (χ0v) is 17.1. The van der Waals surface area contributed by atoms with Gasteiger partial charge in [-0.25, -0.2) is 9.29 Å². The van der Waals surface area contributed by atoms with Crippen LogP contribution >= 0.6 is 11.9 Å². The maximum absolute atomic E-state index is 11.3. The molecule has 0 amide bonds. The van der Waals surface area contributed by atoms with Gasteiger partial charge in [-0.2, -0.15) is 0 Å². The Kier molecular flexibility index (Phi) is 7.77. The Morgan fingerprint density at radius 2 is 1.67 bits per heavy atom. The van der Waals surface area contributed by atoms with Gasteiger partial charge in [-0.1, -0.05) is 0 Å². The monoisotopic (exact) mass is 432 g/mol. The molecule has 0 aliphatic carbocycles. The van der Waals surface area contributed by atoms with E-state index >= 15 is 0 Å². The number of fused-ring (bicyclic) bond motifs is 2. The van der Waals surface area contributed by atoms with E-state index < -0.39 is 4.92 Å². The number of anilines is 1. The summed E-state index contributed by atoms with van der Waals surface area (Å²) in [7, 11) is 0. The third-order valence-corrected chi connectivity index (χ3v) is 5.60. The molecule has 0 aliphatic heterocycles. The lowest BCUT2D eigenvalue weighted by Crippen LogP contribution is -2.23. The van der Waals surface area contributed by atoms with Crippen LogP contribution in [-0.4, -0.2) is 69.0 Å². The average molecular weight is 433 g/mol. The van der Waals surface area contributed by atoms with Crippen LogP contribution < -0.4 is 5.32 Å². The van der Waals surface area contributed by atoms with Gasteiger partial charge < -0.3 is 20.6 Å². The van der Waals surface area contributed by atoms with Gasteiger partial charge in [0.15, 0.2) is 0 Å². The molecular formula is C20H24N4O5S. The van der Waals surface area contributed by atoms with Gasteiger partial charge in [0.05, 0.1) is 34.9 Å². The van der Waals surface area contributed by atoms with Gasteiger partial charge in [0.2, 0.25) is 0 Å². The van der Waals surface area contributed by atoms with Crippen molar-refractivity contribution in [1.82, 2.24) is 9.29 Å². The van der Waals surface area contributed by atoms with E-state index in [-0.39, 0.29) is 25.5 Å². The van der Waals surface area contributed by atoms with Gasteiger partial charge in [0.25, 0.3) is 5.69 Å². The van der Waals surface area contributed by atoms with Crippen LogP contribution in [0.3, 0.4) is 0 Å². The fourth-order valence-electron chi connectivity index (χ4n) is 3.14. The molecule has 160 valence electrons. The summed E-state index contributed by atoms with van der Waals surface area (Å²) in [5.74, 6) is 0. The van der Waals surface area contributed by atoms with Crippen LogP contribution in [0, 0.1) is 10.1 Å². The van der Waals surface area contributed by atoms with Crippen LogP contribution in [0.5, 0.6) is 0 Å². The minimum atomic E-state index is -0.435. The topological polar surface area (TPSA) is 132 Å². The standard InChI is InChI=1S/C20H24N4O5S/c25-9-1-6-21-20-16-12-14(24(28)29)2-4-18(16)22-19-5-3-15(13-17(19)20)30-23(7-10-26)8-11-27/h2-5,12-13,25-27H,1,6-11H2,(H,21,22). The molecule has 0 fully saturated rings. The van der Waals surface area contributed by atoms with Crippen LogP contribution in [0.4, 0.5) is 11.4 Å². The van der Waals surface area contributed by atoms with Crippen molar-refractivity contribution in [3.05, 3.63) is 46.5 Å². The Labute approximate surface area is 177 Å². The number of hydrogen-bond donors (Lipinski definition) is 4. The van der Waals surface area contributed by atoms with Crippen LogP contribution in [-0.2, 0) is 0 Å². The number of aliphatic hydroxyl groups excluding tert-OH is 3. The summed E-state index contributed by atoms with van der Waals surface area (Å²) >= 11 is 1.41. The zero-order chi connectivity index (χ0) is 21.5. The first-order valence-corrected chi connectivity index (χ1v) is 10.4. The predicted molar refractivity (Wildman–Crippen MR) is 118 cm³/mol. The smallest absolute Gasteiger partial charge is 0.270 e. The maximum atomic E-state index is 11.3. The molecule has 0 spiro atoms. The second kappa shape index (κ2) is 10.5. The molecule has 3 rings (SSSR count). The van der Waals surface area contributed by atoms with Crippen LogP contribution in [0.1, 0.15) is 6.42 Å². The van der Waals surface area contributed by atoms with Gasteiger partial charge in [-0.15, -0.1) is 0 Å². The Morgan fingerprint density at radius 1 is 1.00 bits per heavy atom. The predicted octanol–water partition coefficient (Wildman–Crippen LogP) is 2.38. The summed E-state index contributed by atoms with van der Waals surface area (Å²) in [4.78, 5) is 16.4.